The number of likely N-dealkylation sites (tertiary alicyclic amines) is 2. The van der Waals surface area contributed by atoms with Crippen LogP contribution in [0.5, 0.6) is 5.88 Å². The van der Waals surface area contributed by atoms with Gasteiger partial charge in [-0.25, -0.2) is 4.98 Å². The molecule has 8 nitrogen and oxygen atoms in total. The van der Waals surface area contributed by atoms with Crippen molar-refractivity contribution in [3.8, 4) is 18.0 Å². The van der Waals surface area contributed by atoms with Crippen LogP contribution in [0.4, 0.5) is 5.69 Å². The molecule has 37 heavy (non-hydrogen) atoms. The summed E-state index contributed by atoms with van der Waals surface area (Å²) in [6, 6.07) is 16.1. The summed E-state index contributed by atoms with van der Waals surface area (Å²) in [5.74, 6) is 0.326. The number of rotatable bonds is 9. The number of hydrogen-bond donors (Lipinski definition) is 0. The number of methoxy groups -OCH3 is 1. The third kappa shape index (κ3) is 6.71. The van der Waals surface area contributed by atoms with E-state index >= 15 is 0 Å². The largest absolute Gasteiger partial charge is 0.481 e. The maximum absolute atomic E-state index is 13.1. The van der Waals surface area contributed by atoms with Crippen LogP contribution in [-0.4, -0.2) is 67.1 Å². The molecular formula is C28H33ClN6O2. The number of benzene rings is 1. The summed E-state index contributed by atoms with van der Waals surface area (Å²) in [7, 11) is 1.51. The highest BCUT2D eigenvalue weighted by Gasteiger charge is 2.41. The molecule has 0 N–H and O–H groups in total. The minimum Gasteiger partial charge on any atom is -0.481 e. The van der Waals surface area contributed by atoms with E-state index in [4.69, 9.17) is 26.9 Å². The number of ether oxygens (including phenoxy) is 1. The van der Waals surface area contributed by atoms with Crippen LogP contribution in [0.1, 0.15) is 48.0 Å². The minimum atomic E-state index is -0.0222. The topological polar surface area (TPSA) is 96.5 Å². The Balaban J connectivity index is 1.30. The number of nitriles is 2. The van der Waals surface area contributed by atoms with E-state index in [0.29, 0.717) is 37.4 Å². The van der Waals surface area contributed by atoms with Gasteiger partial charge in [0.15, 0.2) is 0 Å². The van der Waals surface area contributed by atoms with Gasteiger partial charge in [0, 0.05) is 56.6 Å². The van der Waals surface area contributed by atoms with E-state index in [1.54, 1.807) is 12.1 Å². The van der Waals surface area contributed by atoms with Crippen LogP contribution >= 0.6 is 11.6 Å². The van der Waals surface area contributed by atoms with Crippen molar-refractivity contribution in [2.45, 2.75) is 38.6 Å². The highest BCUT2D eigenvalue weighted by atomic mass is 35.5. The fourth-order valence-electron chi connectivity index (χ4n) is 5.45. The smallest absolute Gasteiger partial charge is 0.254 e. The van der Waals surface area contributed by atoms with Crippen LogP contribution in [0.25, 0.3) is 0 Å². The van der Waals surface area contributed by atoms with Gasteiger partial charge in [0.05, 0.1) is 32.1 Å². The first-order chi connectivity index (χ1) is 17.9. The summed E-state index contributed by atoms with van der Waals surface area (Å²) < 4.78 is 5.16. The van der Waals surface area contributed by atoms with Gasteiger partial charge < -0.3 is 14.5 Å². The second kappa shape index (κ2) is 12.3. The monoisotopic (exact) mass is 520 g/mol. The molecule has 2 fully saturated rings. The molecule has 4 rings (SSSR count). The Morgan fingerprint density at radius 2 is 1.73 bits per heavy atom. The Morgan fingerprint density at radius 1 is 1.08 bits per heavy atom. The van der Waals surface area contributed by atoms with Crippen molar-refractivity contribution < 1.29 is 9.53 Å². The summed E-state index contributed by atoms with van der Waals surface area (Å²) in [5.41, 5.74) is 3.09. The number of halogens is 1. The molecule has 2 aliphatic heterocycles. The molecule has 0 unspecified atom stereocenters. The number of nitrogens with zero attached hydrogens (tertiary/aromatic N) is 6. The Hall–Kier alpha value is -3.33. The first-order valence-electron chi connectivity index (χ1n) is 12.8. The van der Waals surface area contributed by atoms with Crippen molar-refractivity contribution in [2.24, 2.45) is 5.41 Å². The normalized spacial score (nSPS) is 16.8. The molecule has 0 radical (unpaired) electrons. The van der Waals surface area contributed by atoms with Crippen LogP contribution in [0.15, 0.2) is 36.4 Å². The van der Waals surface area contributed by atoms with E-state index in [-0.39, 0.29) is 16.5 Å². The molecule has 1 aromatic carbocycles. The number of anilines is 1. The van der Waals surface area contributed by atoms with Crippen LogP contribution in [-0.2, 0) is 6.54 Å². The first-order valence-corrected chi connectivity index (χ1v) is 13.1. The highest BCUT2D eigenvalue weighted by molar-refractivity contribution is 6.29. The van der Waals surface area contributed by atoms with E-state index < -0.39 is 0 Å². The SMILES string of the molecule is COc1cc(C(=O)N2CCC3(CCN(Cc4ccc(N(CCC#N)CCC#N)cc4)C3)CC2)cc(Cl)n1. The number of piperidine rings is 1. The lowest BCUT2D eigenvalue weighted by Gasteiger charge is -2.39. The number of hydrogen-bond acceptors (Lipinski definition) is 7. The Labute approximate surface area is 224 Å². The molecule has 194 valence electrons. The summed E-state index contributed by atoms with van der Waals surface area (Å²) in [5, 5.41) is 18.1. The predicted molar refractivity (Wildman–Crippen MR) is 142 cm³/mol. The van der Waals surface area contributed by atoms with Gasteiger partial charge in [0.25, 0.3) is 5.91 Å². The van der Waals surface area contributed by atoms with Crippen molar-refractivity contribution >= 4 is 23.2 Å². The van der Waals surface area contributed by atoms with Crippen LogP contribution in [0.2, 0.25) is 5.15 Å². The Kier molecular flexibility index (Phi) is 8.87. The zero-order valence-corrected chi connectivity index (χ0v) is 22.1. The van der Waals surface area contributed by atoms with Crippen molar-refractivity contribution in [1.82, 2.24) is 14.8 Å². The van der Waals surface area contributed by atoms with E-state index in [1.165, 1.54) is 12.7 Å². The maximum Gasteiger partial charge on any atom is 0.254 e. The molecule has 2 aliphatic rings. The molecule has 0 bridgehead atoms. The minimum absolute atomic E-state index is 0.0222. The van der Waals surface area contributed by atoms with Gasteiger partial charge >= 0.3 is 0 Å². The van der Waals surface area contributed by atoms with Crippen molar-refractivity contribution in [1.29, 1.82) is 10.5 Å². The first kappa shape index (κ1) is 26.7. The molecule has 2 aromatic rings. The number of carbonyl (C=O) groups excluding carboxylic acids is 1. The number of carbonyl (C=O) groups is 1. The molecule has 0 atom stereocenters. The number of amides is 1. The van der Waals surface area contributed by atoms with Gasteiger partial charge in [0.1, 0.15) is 5.15 Å². The lowest BCUT2D eigenvalue weighted by atomic mass is 9.77. The molecule has 1 amide bonds. The Morgan fingerprint density at radius 3 is 2.35 bits per heavy atom. The molecule has 0 saturated carbocycles. The zero-order chi connectivity index (χ0) is 26.3. The third-order valence-corrected chi connectivity index (χ3v) is 7.74. The second-order valence-electron chi connectivity index (χ2n) is 9.94. The van der Waals surface area contributed by atoms with Crippen LogP contribution in [0.3, 0.4) is 0 Å². The standard InChI is InChI=1S/C28H33ClN6O2/c1-37-26-19-23(18-25(29)32-26)27(36)35-16-9-28(10-17-35)8-15-33(21-28)20-22-4-6-24(7-5-22)34(13-2-11-30)14-3-12-31/h4-7,18-19H,2-3,8-10,13-17,20-21H2,1H3. The molecule has 3 heterocycles. The van der Waals surface area contributed by atoms with Gasteiger partial charge in [-0.3, -0.25) is 9.69 Å². The lowest BCUT2D eigenvalue weighted by Crippen LogP contribution is -2.44. The fraction of sp³-hybridized carbons (Fsp3) is 0.500. The fourth-order valence-corrected chi connectivity index (χ4v) is 5.65. The third-order valence-electron chi connectivity index (χ3n) is 7.55. The van der Waals surface area contributed by atoms with Gasteiger partial charge in [-0.1, -0.05) is 23.7 Å². The van der Waals surface area contributed by atoms with Crippen molar-refractivity contribution in [2.75, 3.05) is 51.3 Å². The molecule has 0 aliphatic carbocycles. The van der Waals surface area contributed by atoms with Crippen molar-refractivity contribution in [3.63, 3.8) is 0 Å². The highest BCUT2D eigenvalue weighted by Crippen LogP contribution is 2.41. The van der Waals surface area contributed by atoms with E-state index in [1.807, 2.05) is 4.90 Å². The predicted octanol–water partition coefficient (Wildman–Crippen LogP) is 4.51. The average molecular weight is 521 g/mol. The molecule has 9 heteroatoms. The maximum atomic E-state index is 13.1. The van der Waals surface area contributed by atoms with E-state index in [9.17, 15) is 4.79 Å². The van der Waals surface area contributed by atoms with E-state index in [2.05, 4.69) is 51.2 Å². The zero-order valence-electron chi connectivity index (χ0n) is 21.3. The quantitative estimate of drug-likeness (QED) is 0.449. The lowest BCUT2D eigenvalue weighted by molar-refractivity contribution is 0.0587. The van der Waals surface area contributed by atoms with Crippen LogP contribution < -0.4 is 9.64 Å². The summed E-state index contributed by atoms with van der Waals surface area (Å²) >= 11 is 6.06. The average Bonchev–Trinajstić information content (AvgIpc) is 3.30. The van der Waals surface area contributed by atoms with Gasteiger partial charge in [0.2, 0.25) is 5.88 Å². The van der Waals surface area contributed by atoms with Gasteiger partial charge in [-0.2, -0.15) is 10.5 Å². The molecular weight excluding hydrogens is 488 g/mol. The summed E-state index contributed by atoms with van der Waals surface area (Å²) in [4.78, 5) is 23.7. The summed E-state index contributed by atoms with van der Waals surface area (Å²) in [6.45, 7) is 5.75. The number of aromatic nitrogens is 1. The molecule has 1 spiro atoms. The Bertz CT molecular complexity index is 1150. The molecule has 2 saturated heterocycles. The van der Waals surface area contributed by atoms with E-state index in [0.717, 1.165) is 57.7 Å². The van der Waals surface area contributed by atoms with Crippen LogP contribution in [0, 0.1) is 28.1 Å². The van der Waals surface area contributed by atoms with Gasteiger partial charge in [-0.15, -0.1) is 0 Å². The summed E-state index contributed by atoms with van der Waals surface area (Å²) in [6.07, 6.45) is 4.03. The molecule has 1 aromatic heterocycles. The second-order valence-corrected chi connectivity index (χ2v) is 10.3. The van der Waals surface area contributed by atoms with Gasteiger partial charge in [-0.05, 0) is 55.0 Å². The van der Waals surface area contributed by atoms with Crippen molar-refractivity contribution in [3.05, 3.63) is 52.7 Å². The number of pyridine rings is 1.